The lowest BCUT2D eigenvalue weighted by molar-refractivity contribution is 0.569. The molecule has 23 heavy (non-hydrogen) atoms. The largest absolute Gasteiger partial charge is 0.456 e. The predicted octanol–water partition coefficient (Wildman–Crippen LogP) is 6.65. The molecular weight excluding hydrogens is 280 g/mol. The van der Waals surface area contributed by atoms with Gasteiger partial charge in [0.1, 0.15) is 11.2 Å². The van der Waals surface area contributed by atoms with E-state index in [1.54, 1.807) is 0 Å². The summed E-state index contributed by atoms with van der Waals surface area (Å²) in [4.78, 5) is 0. The number of fused-ring (bicyclic) bond motifs is 5. The van der Waals surface area contributed by atoms with Gasteiger partial charge >= 0.3 is 0 Å². The highest BCUT2D eigenvalue weighted by Crippen LogP contribution is 2.42. The fourth-order valence-electron chi connectivity index (χ4n) is 4.00. The number of aryl methyl sites for hydroxylation is 2. The van der Waals surface area contributed by atoms with Crippen molar-refractivity contribution in [2.24, 2.45) is 0 Å². The molecule has 0 radical (unpaired) electrons. The van der Waals surface area contributed by atoms with Crippen molar-refractivity contribution >= 4 is 32.7 Å². The number of hydrogen-bond acceptors (Lipinski definition) is 1. The fraction of sp³-hybridized carbons (Fsp3) is 0.273. The van der Waals surface area contributed by atoms with Gasteiger partial charge in [0.15, 0.2) is 0 Å². The maximum atomic E-state index is 6.38. The predicted molar refractivity (Wildman–Crippen MR) is 99.4 cm³/mol. The van der Waals surface area contributed by atoms with E-state index in [1.807, 2.05) is 0 Å². The Morgan fingerprint density at radius 2 is 1.57 bits per heavy atom. The van der Waals surface area contributed by atoms with Crippen molar-refractivity contribution in [2.45, 2.75) is 40.0 Å². The second-order valence-electron chi connectivity index (χ2n) is 7.60. The van der Waals surface area contributed by atoms with Gasteiger partial charge in [-0.1, -0.05) is 57.2 Å². The van der Waals surface area contributed by atoms with Gasteiger partial charge in [0.05, 0.1) is 0 Å². The Bertz CT molecular complexity index is 1060. The molecule has 116 valence electrons. The quantitative estimate of drug-likeness (QED) is 0.354. The molecule has 0 amide bonds. The van der Waals surface area contributed by atoms with Gasteiger partial charge in [0, 0.05) is 16.3 Å². The molecule has 1 heterocycles. The molecule has 0 unspecified atom stereocenters. The Morgan fingerprint density at radius 3 is 2.30 bits per heavy atom. The number of benzene rings is 3. The minimum atomic E-state index is 0.0553. The highest BCUT2D eigenvalue weighted by molar-refractivity contribution is 6.20. The normalized spacial score (nSPS) is 12.6. The summed E-state index contributed by atoms with van der Waals surface area (Å²) in [6.45, 7) is 11.2. The van der Waals surface area contributed by atoms with Crippen molar-refractivity contribution in [3.63, 3.8) is 0 Å². The van der Waals surface area contributed by atoms with E-state index in [9.17, 15) is 0 Å². The minimum absolute atomic E-state index is 0.0553. The van der Waals surface area contributed by atoms with Crippen LogP contribution in [0, 0.1) is 13.8 Å². The molecule has 4 rings (SSSR count). The zero-order chi connectivity index (χ0) is 16.4. The summed E-state index contributed by atoms with van der Waals surface area (Å²) in [7, 11) is 0. The first-order valence-corrected chi connectivity index (χ1v) is 8.22. The van der Waals surface area contributed by atoms with Gasteiger partial charge < -0.3 is 4.42 Å². The third-order valence-electron chi connectivity index (χ3n) is 4.78. The number of furan rings is 1. The molecule has 0 fully saturated rings. The van der Waals surface area contributed by atoms with E-state index >= 15 is 0 Å². The molecular formula is C22H22O. The SMILES string of the molecule is Cc1cc(C)c2c(oc3ccc4ccccc4c32)c1C(C)(C)C. The summed E-state index contributed by atoms with van der Waals surface area (Å²) >= 11 is 0. The zero-order valence-corrected chi connectivity index (χ0v) is 14.4. The van der Waals surface area contributed by atoms with Gasteiger partial charge in [-0.2, -0.15) is 0 Å². The maximum absolute atomic E-state index is 6.38. The van der Waals surface area contributed by atoms with Crippen molar-refractivity contribution < 1.29 is 4.42 Å². The van der Waals surface area contributed by atoms with Crippen molar-refractivity contribution in [1.29, 1.82) is 0 Å². The van der Waals surface area contributed by atoms with Crippen LogP contribution in [0.15, 0.2) is 46.9 Å². The summed E-state index contributed by atoms with van der Waals surface area (Å²) < 4.78 is 6.38. The second kappa shape index (κ2) is 4.61. The Kier molecular flexibility index (Phi) is 2.87. The van der Waals surface area contributed by atoms with Crippen molar-refractivity contribution in [2.75, 3.05) is 0 Å². The first-order valence-electron chi connectivity index (χ1n) is 8.22. The van der Waals surface area contributed by atoms with Crippen LogP contribution >= 0.6 is 0 Å². The van der Waals surface area contributed by atoms with Gasteiger partial charge in [-0.3, -0.25) is 0 Å². The van der Waals surface area contributed by atoms with Gasteiger partial charge in [0.2, 0.25) is 0 Å². The van der Waals surface area contributed by atoms with Crippen LogP contribution in [0.5, 0.6) is 0 Å². The van der Waals surface area contributed by atoms with Crippen LogP contribution in [0.3, 0.4) is 0 Å². The Hall–Kier alpha value is -2.28. The van der Waals surface area contributed by atoms with Crippen LogP contribution < -0.4 is 0 Å². The lowest BCUT2D eigenvalue weighted by Gasteiger charge is -2.22. The third kappa shape index (κ3) is 1.99. The van der Waals surface area contributed by atoms with E-state index in [2.05, 4.69) is 77.1 Å². The first-order chi connectivity index (χ1) is 10.9. The Balaban J connectivity index is 2.32. The molecule has 1 heteroatoms. The van der Waals surface area contributed by atoms with E-state index in [0.717, 1.165) is 11.2 Å². The van der Waals surface area contributed by atoms with Gasteiger partial charge in [-0.25, -0.2) is 0 Å². The van der Waals surface area contributed by atoms with Gasteiger partial charge in [0.25, 0.3) is 0 Å². The molecule has 0 N–H and O–H groups in total. The topological polar surface area (TPSA) is 13.1 Å². The molecule has 0 spiro atoms. The average molecular weight is 302 g/mol. The van der Waals surface area contributed by atoms with E-state index in [-0.39, 0.29) is 5.41 Å². The monoisotopic (exact) mass is 302 g/mol. The minimum Gasteiger partial charge on any atom is -0.456 e. The first kappa shape index (κ1) is 14.3. The van der Waals surface area contributed by atoms with Crippen LogP contribution in [0.4, 0.5) is 0 Å². The Morgan fingerprint density at radius 1 is 0.826 bits per heavy atom. The summed E-state index contributed by atoms with van der Waals surface area (Å²) in [6.07, 6.45) is 0. The lowest BCUT2D eigenvalue weighted by atomic mass is 9.82. The van der Waals surface area contributed by atoms with Crippen LogP contribution in [0.25, 0.3) is 32.7 Å². The molecule has 4 aromatic rings. The van der Waals surface area contributed by atoms with E-state index in [0.29, 0.717) is 0 Å². The number of rotatable bonds is 0. The fourth-order valence-corrected chi connectivity index (χ4v) is 4.00. The van der Waals surface area contributed by atoms with Crippen molar-refractivity contribution in [3.05, 3.63) is 59.2 Å². The van der Waals surface area contributed by atoms with Crippen LogP contribution in [0.1, 0.15) is 37.5 Å². The molecule has 0 atom stereocenters. The highest BCUT2D eigenvalue weighted by Gasteiger charge is 2.24. The molecule has 0 aliphatic heterocycles. The van der Waals surface area contributed by atoms with Crippen LogP contribution in [-0.2, 0) is 5.41 Å². The molecule has 0 saturated heterocycles. The molecule has 0 bridgehead atoms. The van der Waals surface area contributed by atoms with E-state index in [1.165, 1.54) is 38.2 Å². The summed E-state index contributed by atoms with van der Waals surface area (Å²) in [5.41, 5.74) is 6.02. The molecule has 0 aliphatic rings. The van der Waals surface area contributed by atoms with Gasteiger partial charge in [-0.15, -0.1) is 0 Å². The summed E-state index contributed by atoms with van der Waals surface area (Å²) in [6, 6.07) is 15.1. The standard InChI is InChI=1S/C22H22O/c1-13-12-14(2)20(22(3,4)5)21-18(13)19-16-9-7-6-8-15(16)10-11-17(19)23-21/h6-12H,1-5H3. The van der Waals surface area contributed by atoms with Crippen LogP contribution in [-0.4, -0.2) is 0 Å². The molecule has 3 aromatic carbocycles. The summed E-state index contributed by atoms with van der Waals surface area (Å²) in [5, 5.41) is 5.06. The van der Waals surface area contributed by atoms with E-state index < -0.39 is 0 Å². The molecule has 0 saturated carbocycles. The third-order valence-corrected chi connectivity index (χ3v) is 4.78. The Labute approximate surface area is 136 Å². The van der Waals surface area contributed by atoms with Crippen molar-refractivity contribution in [1.82, 2.24) is 0 Å². The van der Waals surface area contributed by atoms with E-state index in [4.69, 9.17) is 4.42 Å². The lowest BCUT2D eigenvalue weighted by Crippen LogP contribution is -2.13. The van der Waals surface area contributed by atoms with Crippen molar-refractivity contribution in [3.8, 4) is 0 Å². The average Bonchev–Trinajstić information content (AvgIpc) is 2.85. The number of hydrogen-bond donors (Lipinski definition) is 0. The molecule has 1 nitrogen and oxygen atoms in total. The highest BCUT2D eigenvalue weighted by atomic mass is 16.3. The summed E-state index contributed by atoms with van der Waals surface area (Å²) in [5.74, 6) is 0. The van der Waals surface area contributed by atoms with Gasteiger partial charge in [-0.05, 0) is 47.2 Å². The molecule has 0 aliphatic carbocycles. The van der Waals surface area contributed by atoms with Crippen LogP contribution in [0.2, 0.25) is 0 Å². The molecule has 1 aromatic heterocycles. The second-order valence-corrected chi connectivity index (χ2v) is 7.60. The smallest absolute Gasteiger partial charge is 0.139 e. The maximum Gasteiger partial charge on any atom is 0.139 e. The zero-order valence-electron chi connectivity index (χ0n) is 14.4.